The molecule has 1 saturated heterocycles. The van der Waals surface area contributed by atoms with E-state index in [4.69, 9.17) is 10.5 Å². The number of aromatic nitrogens is 4. The number of anilines is 1. The van der Waals surface area contributed by atoms with Crippen molar-refractivity contribution < 1.29 is 4.74 Å². The lowest BCUT2D eigenvalue weighted by molar-refractivity contribution is 0.286. The van der Waals surface area contributed by atoms with E-state index in [-0.39, 0.29) is 17.5 Å². The summed E-state index contributed by atoms with van der Waals surface area (Å²) in [5.74, 6) is 1.12. The Morgan fingerprint density at radius 2 is 2.00 bits per heavy atom. The van der Waals surface area contributed by atoms with Crippen LogP contribution in [0.25, 0.3) is 11.2 Å². The van der Waals surface area contributed by atoms with Gasteiger partial charge in [-0.25, -0.2) is 4.79 Å². The summed E-state index contributed by atoms with van der Waals surface area (Å²) in [4.78, 5) is 23.6. The number of nitrogen functional groups attached to an aromatic ring is 1. The predicted octanol–water partition coefficient (Wildman–Crippen LogP) is 2.44. The third-order valence-corrected chi connectivity index (χ3v) is 5.31. The fourth-order valence-corrected chi connectivity index (χ4v) is 3.66. The van der Waals surface area contributed by atoms with Crippen molar-refractivity contribution in [1.82, 2.24) is 24.8 Å². The molecule has 0 radical (unpaired) electrons. The maximum Gasteiger partial charge on any atom is 0.327 e. The van der Waals surface area contributed by atoms with Crippen molar-refractivity contribution in [3.63, 3.8) is 0 Å². The summed E-state index contributed by atoms with van der Waals surface area (Å²) in [6.07, 6.45) is 9.11. The number of unbranched alkanes of at least 4 members (excludes halogenated alkanes) is 3. The second kappa shape index (κ2) is 9.73. The van der Waals surface area contributed by atoms with Gasteiger partial charge in [0.25, 0.3) is 0 Å². The van der Waals surface area contributed by atoms with Crippen LogP contribution in [-0.2, 0) is 6.54 Å². The van der Waals surface area contributed by atoms with Gasteiger partial charge in [-0.15, -0.1) is 0 Å². The van der Waals surface area contributed by atoms with Crippen LogP contribution in [-0.4, -0.2) is 39.2 Å². The van der Waals surface area contributed by atoms with E-state index in [9.17, 15) is 4.79 Å². The van der Waals surface area contributed by atoms with Gasteiger partial charge < -0.3 is 20.8 Å². The zero-order valence-corrected chi connectivity index (χ0v) is 16.3. The van der Waals surface area contributed by atoms with E-state index < -0.39 is 0 Å². The van der Waals surface area contributed by atoms with Crippen LogP contribution in [0.5, 0.6) is 6.01 Å². The SMILES string of the molecule is CCCCOc1nc(N)c2[nH]c(=O)n(CCCCCC3CCNCC3)c2n1. The summed E-state index contributed by atoms with van der Waals surface area (Å²) < 4.78 is 7.23. The first-order valence-corrected chi connectivity index (χ1v) is 10.3. The lowest BCUT2D eigenvalue weighted by atomic mass is 9.92. The van der Waals surface area contributed by atoms with E-state index >= 15 is 0 Å². The highest BCUT2D eigenvalue weighted by atomic mass is 16.5. The summed E-state index contributed by atoms with van der Waals surface area (Å²) in [5, 5.41) is 3.41. The number of hydrogen-bond acceptors (Lipinski definition) is 6. The number of imidazole rings is 1. The van der Waals surface area contributed by atoms with Crippen LogP contribution >= 0.6 is 0 Å². The number of H-pyrrole nitrogens is 1. The number of aromatic amines is 1. The summed E-state index contributed by atoms with van der Waals surface area (Å²) >= 11 is 0. The summed E-state index contributed by atoms with van der Waals surface area (Å²) in [7, 11) is 0. The highest BCUT2D eigenvalue weighted by molar-refractivity contribution is 5.81. The van der Waals surface area contributed by atoms with Crippen molar-refractivity contribution in [1.29, 1.82) is 0 Å². The van der Waals surface area contributed by atoms with Gasteiger partial charge in [-0.05, 0) is 44.7 Å². The predicted molar refractivity (Wildman–Crippen MR) is 107 cm³/mol. The zero-order valence-electron chi connectivity index (χ0n) is 16.3. The van der Waals surface area contributed by atoms with Gasteiger partial charge in [0.15, 0.2) is 11.5 Å². The molecule has 0 saturated carbocycles. The van der Waals surface area contributed by atoms with Gasteiger partial charge in [-0.1, -0.05) is 32.6 Å². The van der Waals surface area contributed by atoms with Gasteiger partial charge in [0, 0.05) is 6.54 Å². The van der Waals surface area contributed by atoms with Crippen LogP contribution in [0.4, 0.5) is 5.82 Å². The smallest absolute Gasteiger partial charge is 0.327 e. The lowest BCUT2D eigenvalue weighted by Crippen LogP contribution is -2.27. The summed E-state index contributed by atoms with van der Waals surface area (Å²) in [5.41, 5.74) is 6.83. The molecule has 4 N–H and O–H groups in total. The summed E-state index contributed by atoms with van der Waals surface area (Å²) in [6.45, 7) is 5.58. The Hall–Kier alpha value is -2.09. The minimum absolute atomic E-state index is 0.185. The Labute approximate surface area is 159 Å². The zero-order chi connectivity index (χ0) is 19.1. The summed E-state index contributed by atoms with van der Waals surface area (Å²) in [6, 6.07) is 0.243. The number of hydrogen-bond donors (Lipinski definition) is 3. The molecule has 0 atom stereocenters. The first-order chi connectivity index (χ1) is 13.2. The van der Waals surface area contributed by atoms with Gasteiger partial charge in [-0.2, -0.15) is 9.97 Å². The van der Waals surface area contributed by atoms with Crippen molar-refractivity contribution in [2.24, 2.45) is 5.92 Å². The van der Waals surface area contributed by atoms with Crippen molar-refractivity contribution in [3.8, 4) is 6.01 Å². The molecule has 0 aliphatic carbocycles. The molecule has 0 amide bonds. The van der Waals surface area contributed by atoms with Crippen LogP contribution in [0.3, 0.4) is 0 Å². The van der Waals surface area contributed by atoms with E-state index in [0.717, 1.165) is 44.7 Å². The maximum atomic E-state index is 12.3. The topological polar surface area (TPSA) is 111 Å². The average molecular weight is 377 g/mol. The largest absolute Gasteiger partial charge is 0.463 e. The molecule has 1 aliphatic heterocycles. The third-order valence-electron chi connectivity index (χ3n) is 5.31. The monoisotopic (exact) mass is 376 g/mol. The van der Waals surface area contributed by atoms with Crippen LogP contribution in [0.1, 0.15) is 58.3 Å². The Balaban J connectivity index is 1.57. The van der Waals surface area contributed by atoms with Gasteiger partial charge in [0.05, 0.1) is 6.61 Å². The number of piperidine rings is 1. The molecule has 8 nitrogen and oxygen atoms in total. The van der Waals surface area contributed by atoms with Crippen molar-refractivity contribution in [2.45, 2.75) is 64.8 Å². The lowest BCUT2D eigenvalue weighted by Gasteiger charge is -2.22. The third kappa shape index (κ3) is 5.22. The van der Waals surface area contributed by atoms with Crippen LogP contribution < -0.4 is 21.5 Å². The van der Waals surface area contributed by atoms with Gasteiger partial charge >= 0.3 is 11.7 Å². The van der Waals surface area contributed by atoms with Crippen LogP contribution in [0, 0.1) is 5.92 Å². The first kappa shape index (κ1) is 19.7. The molecule has 2 aromatic rings. The van der Waals surface area contributed by atoms with E-state index in [1.165, 1.54) is 25.7 Å². The highest BCUT2D eigenvalue weighted by Gasteiger charge is 2.15. The fraction of sp³-hybridized carbons (Fsp3) is 0.737. The number of nitrogens with one attached hydrogen (secondary N) is 2. The molecule has 0 bridgehead atoms. The van der Waals surface area contributed by atoms with Crippen LogP contribution in [0.15, 0.2) is 4.79 Å². The molecule has 0 unspecified atom stereocenters. The fourth-order valence-electron chi connectivity index (χ4n) is 3.66. The molecule has 1 aliphatic rings. The molecule has 27 heavy (non-hydrogen) atoms. The molecule has 3 rings (SSSR count). The van der Waals surface area contributed by atoms with E-state index in [1.807, 2.05) is 0 Å². The normalized spacial score (nSPS) is 15.4. The number of fused-ring (bicyclic) bond motifs is 1. The molecule has 1 fully saturated rings. The van der Waals surface area contributed by atoms with Gasteiger partial charge in [0.1, 0.15) is 5.52 Å². The van der Waals surface area contributed by atoms with Crippen molar-refractivity contribution in [3.05, 3.63) is 10.5 Å². The van der Waals surface area contributed by atoms with E-state index in [0.29, 0.717) is 24.3 Å². The van der Waals surface area contributed by atoms with Crippen molar-refractivity contribution in [2.75, 3.05) is 25.4 Å². The molecule has 150 valence electrons. The van der Waals surface area contributed by atoms with Gasteiger partial charge in [0.2, 0.25) is 0 Å². The standard InChI is InChI=1S/C19H32N6O2/c1-2-3-13-27-18-23-16(20)15-17(24-18)25(19(26)22-15)12-6-4-5-7-14-8-10-21-11-9-14/h14,21H,2-13H2,1H3,(H,22,26)(H2,20,23,24). The minimum atomic E-state index is -0.185. The molecule has 2 aromatic heterocycles. The molecule has 8 heteroatoms. The van der Waals surface area contributed by atoms with Gasteiger partial charge in [-0.3, -0.25) is 4.57 Å². The highest BCUT2D eigenvalue weighted by Crippen LogP contribution is 2.21. The maximum absolute atomic E-state index is 12.3. The molecular weight excluding hydrogens is 344 g/mol. The van der Waals surface area contributed by atoms with Crippen LogP contribution in [0.2, 0.25) is 0 Å². The Morgan fingerprint density at radius 1 is 1.19 bits per heavy atom. The molecular formula is C19H32N6O2. The number of nitrogens with zero attached hydrogens (tertiary/aromatic N) is 3. The average Bonchev–Trinajstić information content (AvgIpc) is 2.99. The van der Waals surface area contributed by atoms with E-state index in [2.05, 4.69) is 27.2 Å². The van der Waals surface area contributed by atoms with Crippen molar-refractivity contribution >= 4 is 17.0 Å². The second-order valence-corrected chi connectivity index (χ2v) is 7.42. The number of ether oxygens (including phenoxy) is 1. The molecule has 0 aromatic carbocycles. The van der Waals surface area contributed by atoms with E-state index in [1.54, 1.807) is 4.57 Å². The Bertz CT molecular complexity index is 778. The number of rotatable bonds is 10. The molecule has 3 heterocycles. The Morgan fingerprint density at radius 3 is 2.78 bits per heavy atom. The number of aryl methyl sites for hydroxylation is 1. The Kier molecular flexibility index (Phi) is 7.09. The second-order valence-electron chi connectivity index (χ2n) is 7.42. The first-order valence-electron chi connectivity index (χ1n) is 10.3. The quantitative estimate of drug-likeness (QED) is 0.549. The molecule has 0 spiro atoms. The number of nitrogens with two attached hydrogens (primary N) is 1. The minimum Gasteiger partial charge on any atom is -0.463 e.